The molecule has 0 saturated heterocycles. The lowest BCUT2D eigenvalue weighted by molar-refractivity contribution is 0.0930. The fourth-order valence-electron chi connectivity index (χ4n) is 3.39. The predicted molar refractivity (Wildman–Crippen MR) is 109 cm³/mol. The number of rotatable bonds is 5. The van der Waals surface area contributed by atoms with Crippen LogP contribution in [-0.4, -0.2) is 16.8 Å². The number of aromatic nitrogens is 1. The van der Waals surface area contributed by atoms with Crippen LogP contribution in [0, 0.1) is 19.7 Å². The molecule has 2 heterocycles. The molecular formula is C22H21FN2O3S. The predicted octanol–water partition coefficient (Wildman–Crippen LogP) is 4.98. The van der Waals surface area contributed by atoms with Crippen LogP contribution in [0.3, 0.4) is 0 Å². The summed E-state index contributed by atoms with van der Waals surface area (Å²) >= 11 is 1.68. The zero-order valence-electron chi connectivity index (χ0n) is 16.2. The number of nitrogens with one attached hydrogen (secondary N) is 1. The lowest BCUT2D eigenvalue weighted by Gasteiger charge is -2.26. The number of aryl methyl sites for hydroxylation is 2. The molecule has 1 amide bonds. The molecule has 4 rings (SSSR count). The molecule has 5 nitrogen and oxygen atoms in total. The number of carbonyl (C=O) groups excluding carboxylic acids is 1. The van der Waals surface area contributed by atoms with Crippen LogP contribution >= 0.6 is 11.8 Å². The van der Waals surface area contributed by atoms with Crippen molar-refractivity contribution in [2.45, 2.75) is 37.8 Å². The Morgan fingerprint density at radius 1 is 1.31 bits per heavy atom. The largest absolute Gasteiger partial charge is 0.488 e. The van der Waals surface area contributed by atoms with E-state index >= 15 is 0 Å². The van der Waals surface area contributed by atoms with Gasteiger partial charge in [-0.15, -0.1) is 11.8 Å². The van der Waals surface area contributed by atoms with Gasteiger partial charge in [-0.3, -0.25) is 4.79 Å². The molecule has 1 aliphatic rings. The minimum atomic E-state index is -0.298. The summed E-state index contributed by atoms with van der Waals surface area (Å²) in [5.41, 5.74) is 2.90. The Labute approximate surface area is 172 Å². The summed E-state index contributed by atoms with van der Waals surface area (Å²) in [5, 5.41) is 6.97. The van der Waals surface area contributed by atoms with Crippen LogP contribution in [0.2, 0.25) is 0 Å². The fourth-order valence-corrected chi connectivity index (χ4v) is 4.49. The number of halogens is 1. The number of amides is 1. The second-order valence-corrected chi connectivity index (χ2v) is 8.07. The maximum absolute atomic E-state index is 13.7. The Morgan fingerprint density at radius 3 is 2.93 bits per heavy atom. The standard InChI is InChI=1S/C22H21FN2O3S/c1-13-18(14(2)28-25-13)12-27-20-6-4-3-5-16(20)22(26)24-19-9-10-29-21-8-7-15(23)11-17(19)21/h3-8,11,19H,9-10,12H2,1-2H3,(H,24,26). The van der Waals surface area contributed by atoms with Crippen molar-refractivity contribution in [2.75, 3.05) is 5.75 Å². The number of fused-ring (bicyclic) bond motifs is 1. The first-order valence-corrected chi connectivity index (χ1v) is 10.4. The van der Waals surface area contributed by atoms with Crippen LogP contribution in [-0.2, 0) is 6.61 Å². The van der Waals surface area contributed by atoms with Crippen LogP contribution in [0.1, 0.15) is 45.4 Å². The van der Waals surface area contributed by atoms with Crippen LogP contribution in [0.5, 0.6) is 5.75 Å². The summed E-state index contributed by atoms with van der Waals surface area (Å²) in [6.45, 7) is 3.94. The highest BCUT2D eigenvalue weighted by molar-refractivity contribution is 7.99. The van der Waals surface area contributed by atoms with Gasteiger partial charge in [-0.05, 0) is 56.2 Å². The highest BCUT2D eigenvalue weighted by Gasteiger charge is 2.24. The van der Waals surface area contributed by atoms with Crippen molar-refractivity contribution in [1.29, 1.82) is 0 Å². The molecule has 3 aromatic rings. The molecule has 1 unspecified atom stereocenters. The van der Waals surface area contributed by atoms with Crippen LogP contribution in [0.15, 0.2) is 51.9 Å². The van der Waals surface area contributed by atoms with Gasteiger partial charge in [-0.25, -0.2) is 4.39 Å². The molecule has 0 bridgehead atoms. The number of thioether (sulfide) groups is 1. The van der Waals surface area contributed by atoms with Gasteiger partial charge in [0.05, 0.1) is 22.9 Å². The van der Waals surface area contributed by atoms with Gasteiger partial charge < -0.3 is 14.6 Å². The van der Waals surface area contributed by atoms with E-state index in [2.05, 4.69) is 10.5 Å². The average Bonchev–Trinajstić information content (AvgIpc) is 3.04. The lowest BCUT2D eigenvalue weighted by Crippen LogP contribution is -2.31. The molecule has 29 heavy (non-hydrogen) atoms. The van der Waals surface area contributed by atoms with Gasteiger partial charge in [-0.2, -0.15) is 0 Å². The molecular weight excluding hydrogens is 391 g/mol. The van der Waals surface area contributed by atoms with Crippen molar-refractivity contribution in [2.24, 2.45) is 0 Å². The van der Waals surface area contributed by atoms with E-state index < -0.39 is 0 Å². The number of ether oxygens (including phenoxy) is 1. The number of hydrogen-bond acceptors (Lipinski definition) is 5. The van der Waals surface area contributed by atoms with Gasteiger partial charge in [0.2, 0.25) is 0 Å². The van der Waals surface area contributed by atoms with Crippen LogP contribution in [0.4, 0.5) is 4.39 Å². The maximum atomic E-state index is 13.7. The Bertz CT molecular complexity index is 1030. The fraction of sp³-hybridized carbons (Fsp3) is 0.273. The summed E-state index contributed by atoms with van der Waals surface area (Å²) < 4.78 is 24.8. The van der Waals surface area contributed by atoms with Gasteiger partial charge in [0.15, 0.2) is 0 Å². The first-order valence-electron chi connectivity index (χ1n) is 9.39. The minimum Gasteiger partial charge on any atom is -0.488 e. The Morgan fingerprint density at radius 2 is 2.14 bits per heavy atom. The van der Waals surface area contributed by atoms with Crippen molar-refractivity contribution in [1.82, 2.24) is 10.5 Å². The van der Waals surface area contributed by atoms with Crippen molar-refractivity contribution >= 4 is 17.7 Å². The molecule has 0 radical (unpaired) electrons. The SMILES string of the molecule is Cc1noc(C)c1COc1ccccc1C(=O)NC1CCSc2ccc(F)cc21. The molecule has 1 atom stereocenters. The van der Waals surface area contributed by atoms with E-state index in [0.717, 1.165) is 33.9 Å². The second kappa shape index (κ2) is 8.29. The van der Waals surface area contributed by atoms with Crippen molar-refractivity contribution in [3.8, 4) is 5.75 Å². The summed E-state index contributed by atoms with van der Waals surface area (Å²) in [6.07, 6.45) is 0.745. The normalized spacial score (nSPS) is 15.6. The number of hydrogen-bond donors (Lipinski definition) is 1. The third-order valence-electron chi connectivity index (χ3n) is 5.00. The molecule has 0 aliphatic carbocycles. The summed E-state index contributed by atoms with van der Waals surface area (Å²) in [7, 11) is 0. The van der Waals surface area contributed by atoms with Gasteiger partial charge in [-0.1, -0.05) is 17.3 Å². The first-order chi connectivity index (χ1) is 14.0. The van der Waals surface area contributed by atoms with E-state index in [9.17, 15) is 9.18 Å². The zero-order valence-corrected chi connectivity index (χ0v) is 17.0. The monoisotopic (exact) mass is 412 g/mol. The third-order valence-corrected chi connectivity index (χ3v) is 6.12. The van der Waals surface area contributed by atoms with Gasteiger partial charge in [0.1, 0.15) is 23.9 Å². The van der Waals surface area contributed by atoms with E-state index in [4.69, 9.17) is 9.26 Å². The van der Waals surface area contributed by atoms with Crippen LogP contribution < -0.4 is 10.1 Å². The number of carbonyl (C=O) groups is 1. The van der Waals surface area contributed by atoms with Gasteiger partial charge >= 0.3 is 0 Å². The lowest BCUT2D eigenvalue weighted by atomic mass is 10.0. The second-order valence-electron chi connectivity index (χ2n) is 6.93. The molecule has 1 N–H and O–H groups in total. The van der Waals surface area contributed by atoms with Crippen molar-refractivity contribution in [3.63, 3.8) is 0 Å². The number of benzene rings is 2. The topological polar surface area (TPSA) is 64.4 Å². The molecule has 0 spiro atoms. The maximum Gasteiger partial charge on any atom is 0.255 e. The molecule has 1 aromatic heterocycles. The zero-order chi connectivity index (χ0) is 20.4. The quantitative estimate of drug-likeness (QED) is 0.641. The molecule has 1 aliphatic heterocycles. The van der Waals surface area contributed by atoms with Gasteiger partial charge in [0.25, 0.3) is 5.91 Å². The Kier molecular flexibility index (Phi) is 5.58. The summed E-state index contributed by atoms with van der Waals surface area (Å²) in [4.78, 5) is 14.0. The van der Waals surface area contributed by atoms with E-state index in [0.29, 0.717) is 17.1 Å². The third kappa shape index (κ3) is 4.15. The smallest absolute Gasteiger partial charge is 0.255 e. The van der Waals surface area contributed by atoms with E-state index in [1.807, 2.05) is 19.9 Å². The number of para-hydroxylation sites is 1. The molecule has 2 aromatic carbocycles. The highest BCUT2D eigenvalue weighted by atomic mass is 32.2. The van der Waals surface area contributed by atoms with Crippen LogP contribution in [0.25, 0.3) is 0 Å². The Balaban J connectivity index is 1.52. The van der Waals surface area contributed by atoms with Gasteiger partial charge in [0, 0.05) is 10.6 Å². The molecule has 0 saturated carbocycles. The molecule has 150 valence electrons. The molecule has 0 fully saturated rings. The first kappa shape index (κ1) is 19.5. The Hall–Kier alpha value is -2.80. The van der Waals surface area contributed by atoms with E-state index in [-0.39, 0.29) is 24.4 Å². The summed E-state index contributed by atoms with van der Waals surface area (Å²) in [5.74, 6) is 1.51. The minimum absolute atomic E-state index is 0.231. The molecule has 7 heteroatoms. The van der Waals surface area contributed by atoms with E-state index in [1.165, 1.54) is 12.1 Å². The average molecular weight is 412 g/mol. The van der Waals surface area contributed by atoms with Crippen molar-refractivity contribution < 1.29 is 18.4 Å². The highest BCUT2D eigenvalue weighted by Crippen LogP contribution is 2.36. The summed E-state index contributed by atoms with van der Waals surface area (Å²) in [6, 6.07) is 11.6. The number of nitrogens with zero attached hydrogens (tertiary/aromatic N) is 1. The van der Waals surface area contributed by atoms with Crippen molar-refractivity contribution in [3.05, 3.63) is 76.4 Å². The van der Waals surface area contributed by atoms with E-state index in [1.54, 1.807) is 36.0 Å².